The topological polar surface area (TPSA) is 151 Å². The number of piperidine rings is 1. The van der Waals surface area contributed by atoms with E-state index in [1.165, 1.54) is 19.3 Å². The number of rotatable bonds is 23. The Kier molecular flexibility index (Phi) is 16.3. The number of aromatic nitrogens is 5. The third-order valence-electron chi connectivity index (χ3n) is 9.65. The summed E-state index contributed by atoms with van der Waals surface area (Å²) >= 11 is 0. The maximum atomic E-state index is 12.9. The molecule has 0 radical (unpaired) electrons. The molecule has 4 N–H and O–H groups in total. The van der Waals surface area contributed by atoms with Crippen LogP contribution in [0.4, 0.5) is 11.8 Å². The molecule has 1 atom stereocenters. The summed E-state index contributed by atoms with van der Waals surface area (Å²) in [4.78, 5) is 36.5. The number of nitrogens with one attached hydrogen (secondary N) is 4. The Morgan fingerprint density at radius 2 is 1.72 bits per heavy atom. The van der Waals surface area contributed by atoms with Crippen LogP contribution >= 0.6 is 0 Å². The Balaban J connectivity index is 1.01. The van der Waals surface area contributed by atoms with Crippen LogP contribution in [0, 0.1) is 0 Å². The van der Waals surface area contributed by atoms with Crippen LogP contribution in [0.3, 0.4) is 0 Å². The molecule has 1 saturated heterocycles. The van der Waals surface area contributed by atoms with Gasteiger partial charge in [0.05, 0.1) is 18.3 Å². The Morgan fingerprint density at radius 1 is 0.925 bits per heavy atom. The van der Waals surface area contributed by atoms with Crippen LogP contribution in [-0.4, -0.2) is 86.5 Å². The number of esters is 1. The van der Waals surface area contributed by atoms with Crippen molar-refractivity contribution in [3.05, 3.63) is 72.1 Å². The second-order valence-electron chi connectivity index (χ2n) is 13.8. The van der Waals surface area contributed by atoms with E-state index in [-0.39, 0.29) is 30.9 Å². The first-order valence-electron chi connectivity index (χ1n) is 19.6. The van der Waals surface area contributed by atoms with Gasteiger partial charge in [0.25, 0.3) is 0 Å². The smallest absolute Gasteiger partial charge is 0.306 e. The summed E-state index contributed by atoms with van der Waals surface area (Å²) in [7, 11) is 0. The van der Waals surface area contributed by atoms with Crippen molar-refractivity contribution in [3.8, 4) is 0 Å². The monoisotopic (exact) mass is 726 g/mol. The van der Waals surface area contributed by atoms with Gasteiger partial charge in [-0.3, -0.25) is 14.3 Å². The summed E-state index contributed by atoms with van der Waals surface area (Å²) in [6.45, 7) is 10.4. The number of anilines is 2. The first-order valence-corrected chi connectivity index (χ1v) is 19.6. The molecule has 1 amide bonds. The summed E-state index contributed by atoms with van der Waals surface area (Å²) in [6.07, 6.45) is 10.4. The fourth-order valence-corrected chi connectivity index (χ4v) is 6.59. The molecule has 1 unspecified atom stereocenters. The minimum atomic E-state index is -0.275. The number of nitrogens with zero attached hydrogens (tertiary/aromatic N) is 6. The maximum absolute atomic E-state index is 12.9. The van der Waals surface area contributed by atoms with Crippen molar-refractivity contribution < 1.29 is 14.3 Å². The predicted octanol–water partition coefficient (Wildman–Crippen LogP) is 5.69. The number of carbonyl (C=O) groups excluding carboxylic acids is 2. The Labute approximate surface area is 314 Å². The lowest BCUT2D eigenvalue weighted by Gasteiger charge is -2.33. The molecule has 0 aliphatic carbocycles. The molecule has 286 valence electrons. The second kappa shape index (κ2) is 21.8. The van der Waals surface area contributed by atoms with Gasteiger partial charge in [-0.1, -0.05) is 67.9 Å². The van der Waals surface area contributed by atoms with Gasteiger partial charge in [-0.15, -0.1) is 5.10 Å². The van der Waals surface area contributed by atoms with E-state index in [0.29, 0.717) is 44.5 Å². The van der Waals surface area contributed by atoms with Gasteiger partial charge in [-0.25, -0.2) is 4.98 Å². The first kappa shape index (κ1) is 39.6. The van der Waals surface area contributed by atoms with Gasteiger partial charge >= 0.3 is 5.97 Å². The van der Waals surface area contributed by atoms with E-state index in [2.05, 4.69) is 45.4 Å². The molecule has 2 aromatic heterocycles. The van der Waals surface area contributed by atoms with Crippen molar-refractivity contribution in [2.75, 3.05) is 43.4 Å². The van der Waals surface area contributed by atoms with E-state index >= 15 is 0 Å². The summed E-state index contributed by atoms with van der Waals surface area (Å²) in [6, 6.07) is 18.4. The number of ether oxygens (including phenoxy) is 1. The maximum Gasteiger partial charge on any atom is 0.306 e. The molecular formula is C40H58N10O3. The number of para-hydroxylation sites is 1. The van der Waals surface area contributed by atoms with Gasteiger partial charge in [0, 0.05) is 49.9 Å². The zero-order valence-corrected chi connectivity index (χ0v) is 31.6. The lowest BCUT2D eigenvalue weighted by Crippen LogP contribution is -2.42. The number of likely N-dealkylation sites (tertiary alicyclic amines) is 1. The number of hydrogen-bond acceptors (Lipinski definition) is 11. The molecule has 1 fully saturated rings. The predicted molar refractivity (Wildman–Crippen MR) is 209 cm³/mol. The van der Waals surface area contributed by atoms with Crippen LogP contribution in [0.1, 0.15) is 89.3 Å². The molecule has 5 rings (SSSR count). The molecule has 0 bridgehead atoms. The molecule has 0 saturated carbocycles. The van der Waals surface area contributed by atoms with Crippen LogP contribution in [0.2, 0.25) is 0 Å². The quantitative estimate of drug-likeness (QED) is 0.0552. The van der Waals surface area contributed by atoms with Crippen molar-refractivity contribution in [2.45, 2.75) is 110 Å². The largest absolute Gasteiger partial charge is 0.461 e. The standard InChI is InChI=1S/C40H58N10O3/c1-3-13-32(4-2)42-24-11-22-41-23-12-25-50-29-34(47-48-50)28-43-40-45-36-17-9-8-16-35(36)39(46-40)44-33-20-26-49(27-21-33)37(51)18-10-19-38(52)53-30-31-14-6-5-7-15-31/h5-9,14-17,29,32-33,41-42H,3-4,10-13,18-28,30H2,1-2H3,(H2,43,44,45,46). The van der Waals surface area contributed by atoms with Gasteiger partial charge < -0.3 is 30.9 Å². The van der Waals surface area contributed by atoms with Crippen LogP contribution in [0.15, 0.2) is 60.8 Å². The average molecular weight is 727 g/mol. The highest BCUT2D eigenvalue weighted by Crippen LogP contribution is 2.25. The summed E-state index contributed by atoms with van der Waals surface area (Å²) in [5.41, 5.74) is 2.63. The number of benzene rings is 2. The van der Waals surface area contributed by atoms with Crippen molar-refractivity contribution in [1.82, 2.24) is 40.5 Å². The fourth-order valence-electron chi connectivity index (χ4n) is 6.59. The third kappa shape index (κ3) is 13.4. The second-order valence-corrected chi connectivity index (χ2v) is 13.8. The molecule has 4 aromatic rings. The molecule has 53 heavy (non-hydrogen) atoms. The number of aryl methyl sites for hydroxylation is 1. The first-order chi connectivity index (χ1) is 26.0. The van der Waals surface area contributed by atoms with Gasteiger partial charge in [0.2, 0.25) is 11.9 Å². The van der Waals surface area contributed by atoms with Crippen molar-refractivity contribution in [3.63, 3.8) is 0 Å². The Morgan fingerprint density at radius 3 is 2.53 bits per heavy atom. The lowest BCUT2D eigenvalue weighted by molar-refractivity contribution is -0.145. The Bertz CT molecular complexity index is 1680. The number of fused-ring (bicyclic) bond motifs is 1. The molecule has 13 heteroatoms. The molecule has 1 aliphatic heterocycles. The van der Waals surface area contributed by atoms with E-state index in [9.17, 15) is 9.59 Å². The van der Waals surface area contributed by atoms with Crippen LogP contribution in [0.25, 0.3) is 10.9 Å². The van der Waals surface area contributed by atoms with E-state index in [0.717, 1.165) is 79.8 Å². The van der Waals surface area contributed by atoms with Crippen molar-refractivity contribution >= 4 is 34.5 Å². The van der Waals surface area contributed by atoms with E-state index in [4.69, 9.17) is 14.7 Å². The highest BCUT2D eigenvalue weighted by molar-refractivity contribution is 5.90. The summed E-state index contributed by atoms with van der Waals surface area (Å²) < 4.78 is 7.24. The normalized spacial score (nSPS) is 14.0. The minimum absolute atomic E-state index is 0.0817. The SMILES string of the molecule is CCCC(CC)NCCCNCCCn1cc(CNc2nc(NC3CCN(C(=O)CCCC(=O)OCc4ccccc4)CC3)c3ccccc3n2)nn1. The molecule has 0 spiro atoms. The van der Waals surface area contributed by atoms with E-state index in [1.807, 2.05) is 70.4 Å². The van der Waals surface area contributed by atoms with Crippen molar-refractivity contribution in [1.29, 1.82) is 0 Å². The van der Waals surface area contributed by atoms with Gasteiger partial charge in [-0.05, 0) is 82.3 Å². The van der Waals surface area contributed by atoms with E-state index in [1.54, 1.807) is 0 Å². The van der Waals surface area contributed by atoms with Crippen LogP contribution < -0.4 is 21.3 Å². The molecule has 1 aliphatic rings. The Hall–Kier alpha value is -4.62. The number of hydrogen-bond donors (Lipinski definition) is 4. The fraction of sp³-hybridized carbons (Fsp3) is 0.550. The van der Waals surface area contributed by atoms with E-state index < -0.39 is 0 Å². The molecule has 2 aromatic carbocycles. The number of amides is 1. The molecule has 13 nitrogen and oxygen atoms in total. The van der Waals surface area contributed by atoms with Gasteiger partial charge in [0.1, 0.15) is 18.1 Å². The zero-order valence-electron chi connectivity index (χ0n) is 31.6. The zero-order chi connectivity index (χ0) is 37.1. The van der Waals surface area contributed by atoms with Gasteiger partial charge in [-0.2, -0.15) is 4.98 Å². The van der Waals surface area contributed by atoms with Crippen LogP contribution in [-0.2, 0) is 34.0 Å². The summed E-state index contributed by atoms with van der Waals surface area (Å²) in [5, 5.41) is 23.8. The highest BCUT2D eigenvalue weighted by atomic mass is 16.5. The van der Waals surface area contributed by atoms with Crippen LogP contribution in [0.5, 0.6) is 0 Å². The molecular weight excluding hydrogens is 669 g/mol. The number of carbonyl (C=O) groups is 2. The average Bonchev–Trinajstić information content (AvgIpc) is 3.65. The third-order valence-corrected chi connectivity index (χ3v) is 9.65. The van der Waals surface area contributed by atoms with Gasteiger partial charge in [0.15, 0.2) is 0 Å². The van der Waals surface area contributed by atoms with Crippen molar-refractivity contribution in [2.24, 2.45) is 0 Å². The highest BCUT2D eigenvalue weighted by Gasteiger charge is 2.24. The summed E-state index contributed by atoms with van der Waals surface area (Å²) in [5.74, 6) is 1.10. The lowest BCUT2D eigenvalue weighted by atomic mass is 10.0. The minimum Gasteiger partial charge on any atom is -0.461 e. The molecule has 3 heterocycles.